The van der Waals surface area contributed by atoms with Gasteiger partial charge in [-0.1, -0.05) is 11.6 Å². The lowest BCUT2D eigenvalue weighted by atomic mass is 9.92. The van der Waals surface area contributed by atoms with Gasteiger partial charge in [0, 0.05) is 29.0 Å². The van der Waals surface area contributed by atoms with Crippen LogP contribution in [0.4, 0.5) is 5.69 Å². The van der Waals surface area contributed by atoms with Crippen molar-refractivity contribution in [1.82, 2.24) is 0 Å². The fourth-order valence-electron chi connectivity index (χ4n) is 2.03. The molecule has 0 bridgehead atoms. The van der Waals surface area contributed by atoms with Crippen LogP contribution in [0.25, 0.3) is 0 Å². The minimum Gasteiger partial charge on any atom is -0.380 e. The highest BCUT2D eigenvalue weighted by Crippen LogP contribution is 2.26. The van der Waals surface area contributed by atoms with Crippen LogP contribution < -0.4 is 0 Å². The van der Waals surface area contributed by atoms with Crippen molar-refractivity contribution in [3.8, 4) is 0 Å². The maximum atomic E-state index is 11.7. The van der Waals surface area contributed by atoms with Gasteiger partial charge in [-0.3, -0.25) is 14.9 Å². The Morgan fingerprint density at radius 1 is 1.50 bits per heavy atom. The summed E-state index contributed by atoms with van der Waals surface area (Å²) < 4.78 is 5.23. The van der Waals surface area contributed by atoms with Gasteiger partial charge in [0.15, 0.2) is 0 Å². The Bertz CT molecular complexity index is 489. The quantitative estimate of drug-likeness (QED) is 0.624. The maximum absolute atomic E-state index is 11.7. The fourth-order valence-corrected chi connectivity index (χ4v) is 2.22. The molecule has 0 N–H and O–H groups in total. The van der Waals surface area contributed by atoms with Crippen molar-refractivity contribution < 1.29 is 14.5 Å². The van der Waals surface area contributed by atoms with E-state index in [0.29, 0.717) is 36.6 Å². The van der Waals surface area contributed by atoms with Crippen LogP contribution in [0.5, 0.6) is 0 Å². The van der Waals surface area contributed by atoms with E-state index >= 15 is 0 Å². The number of rotatable bonds is 3. The summed E-state index contributed by atoms with van der Waals surface area (Å²) in [6.45, 7) is 0.759. The second kappa shape index (κ2) is 5.46. The zero-order valence-corrected chi connectivity index (χ0v) is 10.4. The number of nitro groups is 1. The standard InChI is InChI=1S/C12H12ClNO4/c13-10-1-2-11(14(16)17)8(6-10)5-9-7-18-4-3-12(9)15/h1-2,6,9H,3-5,7H2. The molecule has 0 aromatic heterocycles. The normalized spacial score (nSPS) is 19.8. The summed E-state index contributed by atoms with van der Waals surface area (Å²) in [5, 5.41) is 11.3. The third-order valence-corrected chi connectivity index (χ3v) is 3.21. The van der Waals surface area contributed by atoms with Crippen LogP contribution >= 0.6 is 11.6 Å². The van der Waals surface area contributed by atoms with Gasteiger partial charge in [-0.05, 0) is 18.6 Å². The predicted octanol–water partition coefficient (Wildman–Crippen LogP) is 2.40. The third kappa shape index (κ3) is 2.86. The van der Waals surface area contributed by atoms with Crippen LogP contribution in [0.15, 0.2) is 18.2 Å². The molecule has 0 amide bonds. The zero-order chi connectivity index (χ0) is 13.1. The summed E-state index contributed by atoms with van der Waals surface area (Å²) in [5.74, 6) is -0.216. The molecule has 1 aromatic carbocycles. The van der Waals surface area contributed by atoms with Crippen LogP contribution in [0.1, 0.15) is 12.0 Å². The number of hydrogen-bond acceptors (Lipinski definition) is 4. The molecule has 1 aliphatic rings. The average molecular weight is 270 g/mol. The smallest absolute Gasteiger partial charge is 0.272 e. The molecule has 1 heterocycles. The first-order chi connectivity index (χ1) is 8.58. The minimum absolute atomic E-state index is 0.00206. The van der Waals surface area contributed by atoms with Gasteiger partial charge >= 0.3 is 0 Å². The predicted molar refractivity (Wildman–Crippen MR) is 65.7 cm³/mol. The lowest BCUT2D eigenvalue weighted by Crippen LogP contribution is -2.29. The van der Waals surface area contributed by atoms with Crippen molar-refractivity contribution in [3.63, 3.8) is 0 Å². The summed E-state index contributed by atoms with van der Waals surface area (Å²) in [6.07, 6.45) is 0.675. The zero-order valence-electron chi connectivity index (χ0n) is 9.60. The lowest BCUT2D eigenvalue weighted by Gasteiger charge is -2.20. The molecule has 0 aliphatic carbocycles. The summed E-state index contributed by atoms with van der Waals surface area (Å²) in [7, 11) is 0. The number of halogens is 1. The monoisotopic (exact) mass is 269 g/mol. The Morgan fingerprint density at radius 3 is 2.94 bits per heavy atom. The number of benzene rings is 1. The summed E-state index contributed by atoms with van der Waals surface area (Å²) in [4.78, 5) is 22.1. The first kappa shape index (κ1) is 13.0. The Kier molecular flexibility index (Phi) is 3.93. The van der Waals surface area contributed by atoms with Gasteiger partial charge in [0.25, 0.3) is 5.69 Å². The molecule has 0 spiro atoms. The van der Waals surface area contributed by atoms with Gasteiger partial charge in [0.2, 0.25) is 0 Å². The molecule has 1 aliphatic heterocycles. The van der Waals surface area contributed by atoms with E-state index in [2.05, 4.69) is 0 Å². The first-order valence-corrected chi connectivity index (χ1v) is 5.99. The largest absolute Gasteiger partial charge is 0.380 e. The lowest BCUT2D eigenvalue weighted by molar-refractivity contribution is -0.385. The molecule has 2 rings (SSSR count). The Balaban J connectivity index is 2.24. The van der Waals surface area contributed by atoms with Crippen LogP contribution in [-0.2, 0) is 16.0 Å². The van der Waals surface area contributed by atoms with Crippen molar-refractivity contribution in [3.05, 3.63) is 38.9 Å². The van der Waals surface area contributed by atoms with Crippen molar-refractivity contribution >= 4 is 23.1 Å². The van der Waals surface area contributed by atoms with Crippen molar-refractivity contribution in [2.45, 2.75) is 12.8 Å². The van der Waals surface area contributed by atoms with Crippen LogP contribution in [0, 0.1) is 16.0 Å². The minimum atomic E-state index is -0.459. The SMILES string of the molecule is O=C1CCOCC1Cc1cc(Cl)ccc1[N+](=O)[O-]. The van der Waals surface area contributed by atoms with Gasteiger partial charge < -0.3 is 4.74 Å². The Morgan fingerprint density at radius 2 is 2.28 bits per heavy atom. The second-order valence-electron chi connectivity index (χ2n) is 4.22. The Labute approximate surface area is 109 Å². The summed E-state index contributed by atoms with van der Waals surface area (Å²) in [6, 6.07) is 4.38. The number of nitrogens with zero attached hydrogens (tertiary/aromatic N) is 1. The number of ketones is 1. The fraction of sp³-hybridized carbons (Fsp3) is 0.417. The van der Waals surface area contributed by atoms with E-state index in [1.807, 2.05) is 0 Å². The molecule has 1 unspecified atom stereocenters. The Hall–Kier alpha value is -1.46. The van der Waals surface area contributed by atoms with Crippen LogP contribution in [-0.4, -0.2) is 23.9 Å². The van der Waals surface area contributed by atoms with E-state index in [-0.39, 0.29) is 17.4 Å². The highest BCUT2D eigenvalue weighted by Gasteiger charge is 2.26. The molecular formula is C12H12ClNO4. The first-order valence-electron chi connectivity index (χ1n) is 5.61. The molecule has 5 nitrogen and oxygen atoms in total. The molecule has 1 aromatic rings. The van der Waals surface area contributed by atoms with Gasteiger partial charge in [0.05, 0.1) is 18.1 Å². The molecule has 6 heteroatoms. The van der Waals surface area contributed by atoms with E-state index in [0.717, 1.165) is 0 Å². The van der Waals surface area contributed by atoms with Gasteiger partial charge in [0.1, 0.15) is 5.78 Å². The van der Waals surface area contributed by atoms with Crippen LogP contribution in [0.2, 0.25) is 5.02 Å². The molecule has 0 saturated carbocycles. The molecule has 0 radical (unpaired) electrons. The van der Waals surface area contributed by atoms with E-state index in [9.17, 15) is 14.9 Å². The van der Waals surface area contributed by atoms with Crippen LogP contribution in [0.3, 0.4) is 0 Å². The molecule has 96 valence electrons. The van der Waals surface area contributed by atoms with E-state index in [1.165, 1.54) is 12.1 Å². The number of ether oxygens (including phenoxy) is 1. The molecule has 1 fully saturated rings. The van der Waals surface area contributed by atoms with E-state index in [1.54, 1.807) is 6.07 Å². The van der Waals surface area contributed by atoms with Crippen molar-refractivity contribution in [2.75, 3.05) is 13.2 Å². The number of carbonyl (C=O) groups excluding carboxylic acids is 1. The molecule has 1 atom stereocenters. The molecule has 18 heavy (non-hydrogen) atoms. The number of nitro benzene ring substituents is 1. The average Bonchev–Trinajstić information content (AvgIpc) is 2.32. The molecule has 1 saturated heterocycles. The summed E-state index contributed by atoms with van der Waals surface area (Å²) in [5.41, 5.74) is 0.481. The van der Waals surface area contributed by atoms with E-state index in [4.69, 9.17) is 16.3 Å². The maximum Gasteiger partial charge on any atom is 0.272 e. The number of carbonyl (C=O) groups is 1. The molecular weight excluding hydrogens is 258 g/mol. The third-order valence-electron chi connectivity index (χ3n) is 2.97. The highest BCUT2D eigenvalue weighted by atomic mass is 35.5. The number of Topliss-reactive ketones (excluding diaryl/α,β-unsaturated/α-hetero) is 1. The van der Waals surface area contributed by atoms with Gasteiger partial charge in [-0.25, -0.2) is 0 Å². The van der Waals surface area contributed by atoms with Gasteiger partial charge in [-0.15, -0.1) is 0 Å². The topological polar surface area (TPSA) is 69.4 Å². The van der Waals surface area contributed by atoms with E-state index < -0.39 is 4.92 Å². The van der Waals surface area contributed by atoms with Crippen molar-refractivity contribution in [1.29, 1.82) is 0 Å². The number of hydrogen-bond donors (Lipinski definition) is 0. The van der Waals surface area contributed by atoms with Gasteiger partial charge in [-0.2, -0.15) is 0 Å². The second-order valence-corrected chi connectivity index (χ2v) is 4.66. The highest BCUT2D eigenvalue weighted by molar-refractivity contribution is 6.30. The van der Waals surface area contributed by atoms with Crippen molar-refractivity contribution in [2.24, 2.45) is 5.92 Å². The summed E-state index contributed by atoms with van der Waals surface area (Å²) >= 11 is 5.84.